The zero-order valence-corrected chi connectivity index (χ0v) is 15.1. The maximum Gasteiger partial charge on any atom is 0.279 e. The van der Waals surface area contributed by atoms with E-state index in [2.05, 4.69) is 0 Å². The minimum atomic E-state index is -0.305. The maximum atomic E-state index is 13.2. The van der Waals surface area contributed by atoms with Gasteiger partial charge in [-0.2, -0.15) is 5.01 Å². The van der Waals surface area contributed by atoms with Crippen LogP contribution in [0.1, 0.15) is 33.9 Å². The summed E-state index contributed by atoms with van der Waals surface area (Å²) in [4.78, 5) is 26.1. The molecule has 0 aromatic heterocycles. The quantitative estimate of drug-likeness (QED) is 0.647. The van der Waals surface area contributed by atoms with Crippen molar-refractivity contribution in [1.29, 1.82) is 0 Å². The number of aryl methyl sites for hydroxylation is 1. The Bertz CT molecular complexity index is 970. The van der Waals surface area contributed by atoms with Crippen LogP contribution in [0.2, 0.25) is 0 Å². The number of rotatable bonds is 3. The van der Waals surface area contributed by atoms with Crippen LogP contribution in [0.25, 0.3) is 0 Å². The molecule has 1 aliphatic heterocycles. The first-order valence-electron chi connectivity index (χ1n) is 8.98. The number of amides is 2. The van der Waals surface area contributed by atoms with E-state index < -0.39 is 0 Å². The van der Waals surface area contributed by atoms with Crippen LogP contribution in [0, 0.1) is 6.92 Å². The Balaban J connectivity index is 1.81. The van der Waals surface area contributed by atoms with Crippen LogP contribution in [0.4, 0.5) is 5.69 Å². The van der Waals surface area contributed by atoms with Crippen molar-refractivity contribution in [2.45, 2.75) is 19.4 Å². The molecule has 0 bridgehead atoms. The Morgan fingerprint density at radius 2 is 1.56 bits per heavy atom. The minimum Gasteiger partial charge on any atom is -0.272 e. The summed E-state index contributed by atoms with van der Waals surface area (Å²) < 4.78 is 0. The summed E-state index contributed by atoms with van der Waals surface area (Å²) in [7, 11) is 0. The third-order valence-corrected chi connectivity index (χ3v) is 4.78. The van der Waals surface area contributed by atoms with E-state index in [-0.39, 0.29) is 24.3 Å². The summed E-state index contributed by atoms with van der Waals surface area (Å²) in [5, 5.41) is 3.13. The van der Waals surface area contributed by atoms with E-state index in [0.29, 0.717) is 5.56 Å². The lowest BCUT2D eigenvalue weighted by Gasteiger charge is -2.33. The fourth-order valence-corrected chi connectivity index (χ4v) is 3.51. The van der Waals surface area contributed by atoms with Crippen molar-refractivity contribution >= 4 is 17.5 Å². The van der Waals surface area contributed by atoms with Gasteiger partial charge in [0.05, 0.1) is 18.2 Å². The Hall–Kier alpha value is -3.40. The van der Waals surface area contributed by atoms with Crippen molar-refractivity contribution in [1.82, 2.24) is 5.01 Å². The second-order valence-electron chi connectivity index (χ2n) is 6.69. The van der Waals surface area contributed by atoms with Crippen LogP contribution in [0.3, 0.4) is 0 Å². The summed E-state index contributed by atoms with van der Waals surface area (Å²) in [6, 6.07) is 26.5. The van der Waals surface area contributed by atoms with Gasteiger partial charge in [-0.25, -0.2) is 0 Å². The van der Waals surface area contributed by atoms with Crippen LogP contribution < -0.4 is 5.01 Å². The van der Waals surface area contributed by atoms with Crippen molar-refractivity contribution in [3.63, 3.8) is 0 Å². The molecule has 4 rings (SSSR count). The van der Waals surface area contributed by atoms with Crippen molar-refractivity contribution in [2.75, 3.05) is 5.01 Å². The molecule has 3 aromatic rings. The summed E-state index contributed by atoms with van der Waals surface area (Å²) in [6.07, 6.45) is 0.260. The first-order chi connectivity index (χ1) is 13.1. The number of hydrogen-bond donors (Lipinski definition) is 0. The predicted molar refractivity (Wildman–Crippen MR) is 105 cm³/mol. The molecule has 0 aliphatic carbocycles. The van der Waals surface area contributed by atoms with Crippen LogP contribution in [0.15, 0.2) is 84.9 Å². The first-order valence-corrected chi connectivity index (χ1v) is 8.98. The van der Waals surface area contributed by atoms with Crippen molar-refractivity contribution < 1.29 is 9.59 Å². The van der Waals surface area contributed by atoms with Crippen molar-refractivity contribution in [3.05, 3.63) is 102 Å². The molecule has 0 spiro atoms. The molecule has 0 radical (unpaired) electrons. The molecule has 0 saturated carbocycles. The maximum absolute atomic E-state index is 13.2. The van der Waals surface area contributed by atoms with E-state index in [9.17, 15) is 9.59 Å². The lowest BCUT2D eigenvalue weighted by atomic mass is 10.0. The fourth-order valence-electron chi connectivity index (χ4n) is 3.51. The van der Waals surface area contributed by atoms with Crippen LogP contribution in [-0.4, -0.2) is 16.8 Å². The SMILES string of the molecule is Cc1cccc(N2C(c3ccccc3)CC(=O)N2C(=O)c2ccccc2)c1. The minimum absolute atomic E-state index is 0.195. The average molecular weight is 356 g/mol. The fraction of sp³-hybridized carbons (Fsp3) is 0.130. The molecule has 1 aliphatic rings. The molecular formula is C23H20N2O2. The monoisotopic (exact) mass is 356 g/mol. The summed E-state index contributed by atoms with van der Waals surface area (Å²) >= 11 is 0. The number of anilines is 1. The van der Waals surface area contributed by atoms with Crippen molar-refractivity contribution in [2.24, 2.45) is 0 Å². The molecule has 4 heteroatoms. The Labute approximate surface area is 158 Å². The number of nitrogens with zero attached hydrogens (tertiary/aromatic N) is 2. The average Bonchev–Trinajstić information content (AvgIpc) is 3.06. The molecule has 1 atom stereocenters. The molecule has 3 aromatic carbocycles. The smallest absolute Gasteiger partial charge is 0.272 e. The van der Waals surface area contributed by atoms with E-state index in [1.165, 1.54) is 5.01 Å². The van der Waals surface area contributed by atoms with Gasteiger partial charge in [-0.15, -0.1) is 0 Å². The summed E-state index contributed by atoms with van der Waals surface area (Å²) in [5.74, 6) is -0.500. The third-order valence-electron chi connectivity index (χ3n) is 4.78. The van der Waals surface area contributed by atoms with Gasteiger partial charge in [0.25, 0.3) is 11.8 Å². The van der Waals surface area contributed by atoms with Gasteiger partial charge in [0, 0.05) is 5.56 Å². The van der Waals surface area contributed by atoms with E-state index in [1.807, 2.05) is 72.6 Å². The van der Waals surface area contributed by atoms with E-state index in [0.717, 1.165) is 16.8 Å². The topological polar surface area (TPSA) is 40.6 Å². The number of imide groups is 1. The lowest BCUT2D eigenvalue weighted by Crippen LogP contribution is -2.44. The van der Waals surface area contributed by atoms with Gasteiger partial charge in [-0.3, -0.25) is 14.6 Å². The highest BCUT2D eigenvalue weighted by Crippen LogP contribution is 2.38. The molecule has 1 saturated heterocycles. The highest BCUT2D eigenvalue weighted by Gasteiger charge is 2.42. The molecule has 4 nitrogen and oxygen atoms in total. The van der Waals surface area contributed by atoms with Gasteiger partial charge < -0.3 is 0 Å². The molecule has 2 amide bonds. The molecule has 1 unspecified atom stereocenters. The number of carbonyl (C=O) groups is 2. The molecule has 0 N–H and O–H groups in total. The summed E-state index contributed by atoms with van der Waals surface area (Å²) in [5.41, 5.74) is 3.41. The Kier molecular flexibility index (Phi) is 4.47. The van der Waals surface area contributed by atoms with Crippen LogP contribution in [0.5, 0.6) is 0 Å². The predicted octanol–water partition coefficient (Wildman–Crippen LogP) is 4.53. The zero-order chi connectivity index (χ0) is 18.8. The molecular weight excluding hydrogens is 336 g/mol. The Morgan fingerprint density at radius 3 is 2.22 bits per heavy atom. The second kappa shape index (κ2) is 7.08. The standard InChI is InChI=1S/C23H20N2O2/c1-17-9-8-14-20(15-17)24-21(18-10-4-2-5-11-18)16-22(26)25(24)23(27)19-12-6-3-7-13-19/h2-15,21H,16H2,1H3. The number of hydrogen-bond acceptors (Lipinski definition) is 3. The molecule has 134 valence electrons. The zero-order valence-electron chi connectivity index (χ0n) is 15.1. The lowest BCUT2D eigenvalue weighted by molar-refractivity contribution is -0.125. The van der Waals surface area contributed by atoms with E-state index >= 15 is 0 Å². The third kappa shape index (κ3) is 3.22. The van der Waals surface area contributed by atoms with Gasteiger partial charge in [0.15, 0.2) is 0 Å². The largest absolute Gasteiger partial charge is 0.279 e. The van der Waals surface area contributed by atoms with Crippen LogP contribution >= 0.6 is 0 Å². The van der Waals surface area contributed by atoms with E-state index in [1.54, 1.807) is 24.3 Å². The highest BCUT2D eigenvalue weighted by atomic mass is 16.2. The van der Waals surface area contributed by atoms with E-state index in [4.69, 9.17) is 0 Å². The van der Waals surface area contributed by atoms with Gasteiger partial charge in [0.2, 0.25) is 0 Å². The molecule has 1 fully saturated rings. The number of carbonyl (C=O) groups excluding carboxylic acids is 2. The molecule has 27 heavy (non-hydrogen) atoms. The molecule has 1 heterocycles. The second-order valence-corrected chi connectivity index (χ2v) is 6.69. The van der Waals surface area contributed by atoms with Gasteiger partial charge in [-0.1, -0.05) is 60.7 Å². The van der Waals surface area contributed by atoms with Gasteiger partial charge in [-0.05, 0) is 42.3 Å². The van der Waals surface area contributed by atoms with Gasteiger partial charge in [0.1, 0.15) is 0 Å². The number of hydrazine groups is 1. The van der Waals surface area contributed by atoms with Gasteiger partial charge >= 0.3 is 0 Å². The van der Waals surface area contributed by atoms with Crippen LogP contribution in [-0.2, 0) is 4.79 Å². The number of benzene rings is 3. The summed E-state index contributed by atoms with van der Waals surface area (Å²) in [6.45, 7) is 2.00. The normalized spacial score (nSPS) is 16.6. The van der Waals surface area contributed by atoms with Crippen molar-refractivity contribution in [3.8, 4) is 0 Å². The highest BCUT2D eigenvalue weighted by molar-refractivity contribution is 6.07. The Morgan fingerprint density at radius 1 is 0.889 bits per heavy atom. The first kappa shape index (κ1) is 17.0.